The molecule has 0 radical (unpaired) electrons. The van der Waals surface area contributed by atoms with Crippen LogP contribution in [-0.2, 0) is 21.4 Å². The number of hydrogen-bond acceptors (Lipinski definition) is 4. The van der Waals surface area contributed by atoms with Gasteiger partial charge < -0.3 is 10.1 Å². The number of sulfonamides is 1. The number of hydrogen-bond donors (Lipinski definition) is 2. The van der Waals surface area contributed by atoms with Gasteiger partial charge in [-0.3, -0.25) is 4.79 Å². The van der Waals surface area contributed by atoms with E-state index in [0.29, 0.717) is 32.4 Å². The van der Waals surface area contributed by atoms with Crippen molar-refractivity contribution < 1.29 is 17.9 Å². The predicted octanol–water partition coefficient (Wildman–Crippen LogP) is 2.20. The molecule has 0 atom stereocenters. The standard InChI is InChI=1S/C17H28N2O4S/c1-17(2,3)24(21,22)19-12-6-5-7-16(20)18-13-14-8-10-15(23-4)11-9-14/h8-11,19H,5-7,12-13H2,1-4H3,(H,18,20). The smallest absolute Gasteiger partial charge is 0.220 e. The van der Waals surface area contributed by atoms with Gasteiger partial charge in [-0.1, -0.05) is 12.1 Å². The van der Waals surface area contributed by atoms with Crippen molar-refractivity contribution in [3.8, 4) is 5.75 Å². The lowest BCUT2D eigenvalue weighted by Gasteiger charge is -2.19. The summed E-state index contributed by atoms with van der Waals surface area (Å²) in [5.41, 5.74) is 1.00. The van der Waals surface area contributed by atoms with E-state index in [9.17, 15) is 13.2 Å². The molecule has 0 unspecified atom stereocenters. The lowest BCUT2D eigenvalue weighted by molar-refractivity contribution is -0.121. The third-order valence-corrected chi connectivity index (χ3v) is 5.77. The van der Waals surface area contributed by atoms with Crippen molar-refractivity contribution in [3.63, 3.8) is 0 Å². The molecule has 6 nitrogen and oxygen atoms in total. The minimum absolute atomic E-state index is 0.0375. The van der Waals surface area contributed by atoms with Gasteiger partial charge >= 0.3 is 0 Å². The maximum absolute atomic E-state index is 11.9. The zero-order valence-corrected chi connectivity index (χ0v) is 15.7. The molecule has 1 rings (SSSR count). The van der Waals surface area contributed by atoms with E-state index in [1.54, 1.807) is 27.9 Å². The Kier molecular flexibility index (Phi) is 7.69. The van der Waals surface area contributed by atoms with Crippen LogP contribution in [0.15, 0.2) is 24.3 Å². The monoisotopic (exact) mass is 356 g/mol. The van der Waals surface area contributed by atoms with Gasteiger partial charge in [0.1, 0.15) is 5.75 Å². The minimum atomic E-state index is -3.31. The lowest BCUT2D eigenvalue weighted by Crippen LogP contribution is -2.39. The third-order valence-electron chi connectivity index (χ3n) is 3.58. The minimum Gasteiger partial charge on any atom is -0.497 e. The van der Waals surface area contributed by atoms with Crippen LogP contribution in [0.4, 0.5) is 0 Å². The summed E-state index contributed by atoms with van der Waals surface area (Å²) in [5, 5.41) is 2.85. The normalized spacial score (nSPS) is 12.0. The predicted molar refractivity (Wildman–Crippen MR) is 95.4 cm³/mol. The first kappa shape index (κ1) is 20.4. The summed E-state index contributed by atoms with van der Waals surface area (Å²) in [7, 11) is -1.70. The van der Waals surface area contributed by atoms with Gasteiger partial charge in [-0.15, -0.1) is 0 Å². The third kappa shape index (κ3) is 6.88. The second kappa shape index (κ2) is 9.03. The summed E-state index contributed by atoms with van der Waals surface area (Å²) in [6.07, 6.45) is 1.65. The molecule has 0 saturated heterocycles. The summed E-state index contributed by atoms with van der Waals surface area (Å²) in [4.78, 5) is 11.8. The van der Waals surface area contributed by atoms with Crippen LogP contribution in [0.3, 0.4) is 0 Å². The van der Waals surface area contributed by atoms with Crippen LogP contribution in [0.25, 0.3) is 0 Å². The number of methoxy groups -OCH3 is 1. The first-order valence-corrected chi connectivity index (χ1v) is 9.53. The maximum Gasteiger partial charge on any atom is 0.220 e. The van der Waals surface area contributed by atoms with Gasteiger partial charge in [-0.05, 0) is 51.3 Å². The molecule has 0 bridgehead atoms. The molecule has 1 aromatic carbocycles. The Hall–Kier alpha value is -1.60. The maximum atomic E-state index is 11.9. The number of carbonyl (C=O) groups excluding carboxylic acids is 1. The number of unbranched alkanes of at least 4 members (excludes halogenated alkanes) is 1. The molecule has 1 aromatic rings. The SMILES string of the molecule is COc1ccc(CNC(=O)CCCCNS(=O)(=O)C(C)(C)C)cc1. The van der Waals surface area contributed by atoms with Gasteiger partial charge in [0.15, 0.2) is 0 Å². The summed E-state index contributed by atoms with van der Waals surface area (Å²) in [6.45, 7) is 5.79. The summed E-state index contributed by atoms with van der Waals surface area (Å²) >= 11 is 0. The van der Waals surface area contributed by atoms with Crippen LogP contribution < -0.4 is 14.8 Å². The van der Waals surface area contributed by atoms with Crippen LogP contribution in [0.5, 0.6) is 5.75 Å². The van der Waals surface area contributed by atoms with E-state index in [0.717, 1.165) is 11.3 Å². The van der Waals surface area contributed by atoms with E-state index in [4.69, 9.17) is 4.74 Å². The molecule has 0 heterocycles. The molecular formula is C17H28N2O4S. The Balaban J connectivity index is 2.20. The number of carbonyl (C=O) groups is 1. The van der Waals surface area contributed by atoms with Crippen molar-refractivity contribution in [2.75, 3.05) is 13.7 Å². The highest BCUT2D eigenvalue weighted by Crippen LogP contribution is 2.13. The molecule has 24 heavy (non-hydrogen) atoms. The highest BCUT2D eigenvalue weighted by Gasteiger charge is 2.27. The average molecular weight is 356 g/mol. The van der Waals surface area contributed by atoms with Crippen molar-refractivity contribution in [1.29, 1.82) is 0 Å². The molecular weight excluding hydrogens is 328 g/mol. The summed E-state index contributed by atoms with van der Waals surface area (Å²) in [5.74, 6) is 0.743. The van der Waals surface area contributed by atoms with Crippen LogP contribution in [0, 0.1) is 0 Å². The van der Waals surface area contributed by atoms with E-state index < -0.39 is 14.8 Å². The van der Waals surface area contributed by atoms with Crippen molar-refractivity contribution >= 4 is 15.9 Å². The molecule has 0 fully saturated rings. The second-order valence-electron chi connectivity index (χ2n) is 6.59. The molecule has 0 aliphatic carbocycles. The molecule has 0 aliphatic rings. The van der Waals surface area contributed by atoms with Gasteiger partial charge in [0.2, 0.25) is 15.9 Å². The number of benzene rings is 1. The average Bonchev–Trinajstić information content (AvgIpc) is 2.52. The van der Waals surface area contributed by atoms with Gasteiger partial charge in [-0.25, -0.2) is 13.1 Å². The Morgan fingerprint density at radius 2 is 1.75 bits per heavy atom. The fourth-order valence-corrected chi connectivity index (χ4v) is 2.71. The first-order valence-electron chi connectivity index (χ1n) is 8.04. The molecule has 0 saturated carbocycles. The molecule has 2 N–H and O–H groups in total. The Morgan fingerprint density at radius 1 is 1.12 bits per heavy atom. The Morgan fingerprint density at radius 3 is 2.29 bits per heavy atom. The van der Waals surface area contributed by atoms with Crippen LogP contribution >= 0.6 is 0 Å². The van der Waals surface area contributed by atoms with Crippen LogP contribution in [-0.4, -0.2) is 32.7 Å². The van der Waals surface area contributed by atoms with Gasteiger partial charge in [0.05, 0.1) is 11.9 Å². The fraction of sp³-hybridized carbons (Fsp3) is 0.588. The van der Waals surface area contributed by atoms with Crippen molar-refractivity contribution in [2.24, 2.45) is 0 Å². The molecule has 0 spiro atoms. The van der Waals surface area contributed by atoms with Gasteiger partial charge in [0.25, 0.3) is 0 Å². The quantitative estimate of drug-likeness (QED) is 0.664. The van der Waals surface area contributed by atoms with E-state index in [2.05, 4.69) is 10.0 Å². The molecule has 136 valence electrons. The van der Waals surface area contributed by atoms with E-state index in [1.807, 2.05) is 24.3 Å². The number of rotatable bonds is 9. The Labute approximate surface area is 145 Å². The summed E-state index contributed by atoms with van der Waals surface area (Å²) in [6, 6.07) is 7.51. The van der Waals surface area contributed by atoms with Crippen molar-refractivity contribution in [1.82, 2.24) is 10.0 Å². The largest absolute Gasteiger partial charge is 0.497 e. The Bertz CT molecular complexity index is 619. The summed E-state index contributed by atoms with van der Waals surface area (Å²) < 4.78 is 30.5. The van der Waals surface area contributed by atoms with Gasteiger partial charge in [-0.2, -0.15) is 0 Å². The van der Waals surface area contributed by atoms with Crippen LogP contribution in [0.2, 0.25) is 0 Å². The number of nitrogens with one attached hydrogen (secondary N) is 2. The lowest BCUT2D eigenvalue weighted by atomic mass is 10.2. The second-order valence-corrected chi connectivity index (χ2v) is 9.11. The van der Waals surface area contributed by atoms with E-state index in [1.165, 1.54) is 0 Å². The van der Waals surface area contributed by atoms with Crippen LogP contribution in [0.1, 0.15) is 45.6 Å². The molecule has 7 heteroatoms. The zero-order valence-electron chi connectivity index (χ0n) is 14.9. The molecule has 1 amide bonds. The number of ether oxygens (including phenoxy) is 1. The van der Waals surface area contributed by atoms with Gasteiger partial charge in [0, 0.05) is 19.5 Å². The highest BCUT2D eigenvalue weighted by molar-refractivity contribution is 7.90. The van der Waals surface area contributed by atoms with Crippen molar-refractivity contribution in [2.45, 2.75) is 51.3 Å². The molecule has 0 aliphatic heterocycles. The zero-order chi connectivity index (χ0) is 18.2. The van der Waals surface area contributed by atoms with E-state index >= 15 is 0 Å². The van der Waals surface area contributed by atoms with E-state index in [-0.39, 0.29) is 5.91 Å². The number of amides is 1. The molecule has 0 aromatic heterocycles. The first-order chi connectivity index (χ1) is 11.2. The highest BCUT2D eigenvalue weighted by atomic mass is 32.2. The fourth-order valence-electron chi connectivity index (χ4n) is 1.87. The topological polar surface area (TPSA) is 84.5 Å². The van der Waals surface area contributed by atoms with Crippen molar-refractivity contribution in [3.05, 3.63) is 29.8 Å².